The minimum Gasteiger partial charge on any atom is -0.364 e. The maximum absolute atomic E-state index is 15.1. The molecule has 1 N–H and O–H groups in total. The van der Waals surface area contributed by atoms with Crippen LogP contribution in [-0.4, -0.2) is 80.6 Å². The monoisotopic (exact) mass is 473 g/mol. The molecule has 0 aliphatic carbocycles. The Hall–Kier alpha value is -2.40. The molecule has 2 saturated heterocycles. The van der Waals surface area contributed by atoms with Gasteiger partial charge in [-0.1, -0.05) is 6.92 Å². The van der Waals surface area contributed by atoms with Crippen molar-refractivity contribution >= 4 is 23.2 Å². The first-order valence-electron chi connectivity index (χ1n) is 11.2. The van der Waals surface area contributed by atoms with E-state index in [0.29, 0.717) is 26.2 Å². The standard InChI is InChI=1S/C22H31F4N5O2/c1-15(13-27-22(33)21(25)26)14-31(16(2)32)17-11-18(23)20(19(24)12-17)28-7-9-29-5-3-4-6-30(29)10-8-28/h11-12,15,21H,3-10,13-14H2,1-2H3,(H,27,33)/t15-/m0/s1. The van der Waals surface area contributed by atoms with E-state index in [4.69, 9.17) is 0 Å². The van der Waals surface area contributed by atoms with E-state index in [1.165, 1.54) is 11.8 Å². The van der Waals surface area contributed by atoms with Crippen LogP contribution in [0.4, 0.5) is 28.9 Å². The third-order valence-corrected chi connectivity index (χ3v) is 6.07. The maximum atomic E-state index is 15.1. The highest BCUT2D eigenvalue weighted by molar-refractivity contribution is 5.91. The average Bonchev–Trinajstić information content (AvgIpc) is 2.98. The van der Waals surface area contributed by atoms with Crippen molar-refractivity contribution in [3.05, 3.63) is 23.8 Å². The first-order valence-corrected chi connectivity index (χ1v) is 11.2. The van der Waals surface area contributed by atoms with E-state index >= 15 is 8.78 Å². The summed E-state index contributed by atoms with van der Waals surface area (Å²) in [4.78, 5) is 26.1. The Balaban J connectivity index is 1.72. The number of carbonyl (C=O) groups is 2. The van der Waals surface area contributed by atoms with Crippen LogP contribution < -0.4 is 15.1 Å². The molecule has 2 amide bonds. The van der Waals surface area contributed by atoms with Crippen LogP contribution in [0.2, 0.25) is 0 Å². The van der Waals surface area contributed by atoms with E-state index in [2.05, 4.69) is 15.3 Å². The highest BCUT2D eigenvalue weighted by Crippen LogP contribution is 2.30. The fourth-order valence-corrected chi connectivity index (χ4v) is 4.34. The number of hydrazine groups is 1. The van der Waals surface area contributed by atoms with Gasteiger partial charge in [-0.3, -0.25) is 9.59 Å². The number of anilines is 2. The smallest absolute Gasteiger partial charge is 0.315 e. The highest BCUT2D eigenvalue weighted by atomic mass is 19.3. The predicted octanol–water partition coefficient (Wildman–Crippen LogP) is 2.47. The number of hydrogen-bond donors (Lipinski definition) is 1. The van der Waals surface area contributed by atoms with E-state index < -0.39 is 35.8 Å². The Labute approximate surface area is 191 Å². The molecule has 2 heterocycles. The normalized spacial score (nSPS) is 18.6. The number of halogens is 4. The fraction of sp³-hybridized carbons (Fsp3) is 0.636. The van der Waals surface area contributed by atoms with Crippen LogP contribution in [0, 0.1) is 17.6 Å². The topological polar surface area (TPSA) is 59.1 Å². The quantitative estimate of drug-likeness (QED) is 0.617. The van der Waals surface area contributed by atoms with Gasteiger partial charge in [0, 0.05) is 65.0 Å². The SMILES string of the molecule is CC(=O)N(C[C@@H](C)CNC(=O)C(F)F)c1cc(F)c(N2CCN3CCCCN3CC2)c(F)c1. The molecule has 11 heteroatoms. The van der Waals surface area contributed by atoms with Crippen molar-refractivity contribution in [2.45, 2.75) is 33.1 Å². The largest absolute Gasteiger partial charge is 0.364 e. The Morgan fingerprint density at radius 1 is 1.00 bits per heavy atom. The number of alkyl halides is 2. The Morgan fingerprint density at radius 3 is 2.03 bits per heavy atom. The van der Waals surface area contributed by atoms with Crippen molar-refractivity contribution in [1.82, 2.24) is 15.3 Å². The van der Waals surface area contributed by atoms with Gasteiger partial charge in [0.1, 0.15) is 5.69 Å². The highest BCUT2D eigenvalue weighted by Gasteiger charge is 2.28. The third kappa shape index (κ3) is 6.35. The maximum Gasteiger partial charge on any atom is 0.315 e. The number of amides is 2. The molecule has 0 aromatic heterocycles. The number of nitrogens with one attached hydrogen (secondary N) is 1. The molecule has 2 aliphatic rings. The van der Waals surface area contributed by atoms with Crippen LogP contribution in [0.1, 0.15) is 26.7 Å². The summed E-state index contributed by atoms with van der Waals surface area (Å²) < 4.78 is 54.9. The van der Waals surface area contributed by atoms with Crippen LogP contribution in [0.3, 0.4) is 0 Å². The minimum absolute atomic E-state index is 0.00467. The summed E-state index contributed by atoms with van der Waals surface area (Å²) in [6.07, 6.45) is -0.911. The molecule has 1 aromatic rings. The van der Waals surface area contributed by atoms with Crippen molar-refractivity contribution in [2.24, 2.45) is 5.92 Å². The average molecular weight is 474 g/mol. The molecule has 2 fully saturated rings. The second kappa shape index (κ2) is 11.1. The molecule has 184 valence electrons. The van der Waals surface area contributed by atoms with E-state index in [0.717, 1.165) is 38.1 Å². The molecule has 0 radical (unpaired) electrons. The number of rotatable bonds is 7. The van der Waals surface area contributed by atoms with Crippen LogP contribution in [0.25, 0.3) is 0 Å². The number of fused-ring (bicyclic) bond motifs is 1. The second-order valence-corrected chi connectivity index (χ2v) is 8.64. The number of carbonyl (C=O) groups excluding carboxylic acids is 2. The number of hydrogen-bond acceptors (Lipinski definition) is 5. The van der Waals surface area contributed by atoms with Gasteiger partial charge >= 0.3 is 6.43 Å². The van der Waals surface area contributed by atoms with Crippen LogP contribution in [-0.2, 0) is 9.59 Å². The van der Waals surface area contributed by atoms with Gasteiger partial charge in [-0.05, 0) is 30.9 Å². The van der Waals surface area contributed by atoms with Crippen molar-refractivity contribution in [3.63, 3.8) is 0 Å². The zero-order chi connectivity index (χ0) is 24.1. The number of nitrogens with zero attached hydrogens (tertiary/aromatic N) is 4. The molecule has 0 spiro atoms. The molecule has 7 nitrogen and oxygen atoms in total. The van der Waals surface area contributed by atoms with Crippen molar-refractivity contribution < 1.29 is 27.2 Å². The van der Waals surface area contributed by atoms with Crippen molar-refractivity contribution in [2.75, 3.05) is 62.2 Å². The summed E-state index contributed by atoms with van der Waals surface area (Å²) in [7, 11) is 0. The first-order chi connectivity index (χ1) is 15.7. The summed E-state index contributed by atoms with van der Waals surface area (Å²) in [5.74, 6) is -3.79. The molecular formula is C22H31F4N5O2. The number of benzene rings is 1. The van der Waals surface area contributed by atoms with Crippen LogP contribution >= 0.6 is 0 Å². The van der Waals surface area contributed by atoms with Gasteiger partial charge in [-0.25, -0.2) is 18.8 Å². The van der Waals surface area contributed by atoms with Crippen LogP contribution in [0.5, 0.6) is 0 Å². The van der Waals surface area contributed by atoms with Gasteiger partial charge in [0.15, 0.2) is 11.6 Å². The van der Waals surface area contributed by atoms with E-state index in [-0.39, 0.29) is 24.5 Å². The summed E-state index contributed by atoms with van der Waals surface area (Å²) in [5, 5.41) is 6.56. The third-order valence-electron chi connectivity index (χ3n) is 6.07. The summed E-state index contributed by atoms with van der Waals surface area (Å²) >= 11 is 0. The van der Waals surface area contributed by atoms with Crippen molar-refractivity contribution in [1.29, 1.82) is 0 Å². The molecule has 3 rings (SSSR count). The van der Waals surface area contributed by atoms with Gasteiger partial charge in [-0.15, -0.1) is 0 Å². The second-order valence-electron chi connectivity index (χ2n) is 8.64. The molecular weight excluding hydrogens is 442 g/mol. The molecule has 1 atom stereocenters. The lowest BCUT2D eigenvalue weighted by Crippen LogP contribution is -2.47. The predicted molar refractivity (Wildman–Crippen MR) is 117 cm³/mol. The molecule has 33 heavy (non-hydrogen) atoms. The van der Waals surface area contributed by atoms with Gasteiger partial charge in [-0.2, -0.15) is 8.78 Å². The van der Waals surface area contributed by atoms with E-state index in [1.54, 1.807) is 11.8 Å². The Kier molecular flexibility index (Phi) is 8.52. The molecule has 0 bridgehead atoms. The fourth-order valence-electron chi connectivity index (χ4n) is 4.34. The Bertz CT molecular complexity index is 817. The van der Waals surface area contributed by atoms with Gasteiger partial charge < -0.3 is 15.1 Å². The van der Waals surface area contributed by atoms with Crippen molar-refractivity contribution in [3.8, 4) is 0 Å². The summed E-state index contributed by atoms with van der Waals surface area (Å²) in [5.41, 5.74) is -0.0650. The molecule has 2 aliphatic heterocycles. The minimum atomic E-state index is -3.13. The zero-order valence-corrected chi connectivity index (χ0v) is 19.0. The lowest BCUT2D eigenvalue weighted by molar-refractivity contribution is -0.131. The van der Waals surface area contributed by atoms with Gasteiger partial charge in [0.2, 0.25) is 5.91 Å². The molecule has 0 saturated carbocycles. The lowest BCUT2D eigenvalue weighted by atomic mass is 10.1. The van der Waals surface area contributed by atoms with Gasteiger partial charge in [0.25, 0.3) is 5.91 Å². The van der Waals surface area contributed by atoms with Gasteiger partial charge in [0.05, 0.1) is 0 Å². The van der Waals surface area contributed by atoms with Crippen LogP contribution in [0.15, 0.2) is 12.1 Å². The summed E-state index contributed by atoms with van der Waals surface area (Å²) in [6.45, 7) is 7.04. The zero-order valence-electron chi connectivity index (χ0n) is 19.0. The molecule has 1 aromatic carbocycles. The Morgan fingerprint density at radius 2 is 1.55 bits per heavy atom. The van der Waals surface area contributed by atoms with E-state index in [9.17, 15) is 18.4 Å². The summed E-state index contributed by atoms with van der Waals surface area (Å²) in [6, 6.07) is 2.26. The first kappa shape index (κ1) is 25.2. The lowest BCUT2D eigenvalue weighted by Gasteiger charge is -2.36. The van der Waals surface area contributed by atoms with E-state index in [1.807, 2.05) is 0 Å². The molecule has 0 unspecified atom stereocenters.